The van der Waals surface area contributed by atoms with Crippen LogP contribution in [0.4, 0.5) is 0 Å². The van der Waals surface area contributed by atoms with Gasteiger partial charge in [-0.05, 0) is 94.4 Å². The van der Waals surface area contributed by atoms with Gasteiger partial charge in [0.1, 0.15) is 24.7 Å². The van der Waals surface area contributed by atoms with Crippen LogP contribution in [-0.4, -0.2) is 36.5 Å². The zero-order valence-electron chi connectivity index (χ0n) is 25.1. The fourth-order valence-electron chi connectivity index (χ4n) is 6.41. The maximum absolute atomic E-state index is 13.5. The summed E-state index contributed by atoms with van der Waals surface area (Å²) >= 11 is 3.49. The number of halogens is 1. The molecule has 2 fully saturated rings. The number of carbonyl (C=O) groups is 1. The quantitative estimate of drug-likeness (QED) is 0.233. The average Bonchev–Trinajstić information content (AvgIpc) is 3.92. The average molecular weight is 640 g/mol. The lowest BCUT2D eigenvalue weighted by Crippen LogP contribution is -2.37. The van der Waals surface area contributed by atoms with E-state index < -0.39 is 0 Å². The van der Waals surface area contributed by atoms with Crippen LogP contribution in [0, 0.1) is 23.2 Å². The van der Waals surface area contributed by atoms with E-state index in [4.69, 9.17) is 14.5 Å². The van der Waals surface area contributed by atoms with Crippen LogP contribution < -0.4 is 4.74 Å². The minimum absolute atomic E-state index is 0.0413. The Hall–Kier alpha value is -3.64. The Balaban J connectivity index is 1.15. The lowest BCUT2D eigenvalue weighted by molar-refractivity contribution is -0.133. The fourth-order valence-corrected chi connectivity index (χ4v) is 6.65. The Morgan fingerprint density at radius 2 is 1.88 bits per heavy atom. The summed E-state index contributed by atoms with van der Waals surface area (Å²) in [4.78, 5) is 19.8. The predicted octanol–water partition coefficient (Wildman–Crippen LogP) is 8.10. The van der Waals surface area contributed by atoms with Gasteiger partial charge in [-0.25, -0.2) is 0 Å². The minimum atomic E-state index is -0.387. The van der Waals surface area contributed by atoms with E-state index in [0.29, 0.717) is 25.0 Å². The molecule has 6 rings (SSSR count). The van der Waals surface area contributed by atoms with E-state index in [9.17, 15) is 4.79 Å². The first-order valence-corrected chi connectivity index (χ1v) is 15.8. The largest absolute Gasteiger partial charge is 0.492 e. The molecule has 1 amide bonds. The summed E-state index contributed by atoms with van der Waals surface area (Å²) in [6.07, 6.45) is 19.8. The summed E-state index contributed by atoms with van der Waals surface area (Å²) in [6, 6.07) is 12.1. The van der Waals surface area contributed by atoms with Gasteiger partial charge in [-0.3, -0.25) is 9.78 Å². The molecule has 0 radical (unpaired) electrons. The summed E-state index contributed by atoms with van der Waals surface area (Å²) in [5.74, 6) is 2.32. The van der Waals surface area contributed by atoms with Crippen molar-refractivity contribution in [3.8, 4) is 5.75 Å². The van der Waals surface area contributed by atoms with E-state index in [2.05, 4.69) is 59.8 Å². The van der Waals surface area contributed by atoms with E-state index in [-0.39, 0.29) is 23.7 Å². The van der Waals surface area contributed by atoms with Crippen LogP contribution in [0.3, 0.4) is 0 Å². The van der Waals surface area contributed by atoms with Crippen molar-refractivity contribution in [2.24, 2.45) is 23.2 Å². The van der Waals surface area contributed by atoms with Gasteiger partial charge in [0.25, 0.3) is 0 Å². The van der Waals surface area contributed by atoms with Crippen molar-refractivity contribution in [1.29, 1.82) is 0 Å². The highest BCUT2D eigenvalue weighted by Crippen LogP contribution is 2.78. The third-order valence-corrected chi connectivity index (χ3v) is 9.93. The van der Waals surface area contributed by atoms with Gasteiger partial charge in [0.15, 0.2) is 0 Å². The van der Waals surface area contributed by atoms with Crippen molar-refractivity contribution >= 4 is 21.8 Å². The number of fused-ring (bicyclic) bond motifs is 2. The lowest BCUT2D eigenvalue weighted by atomic mass is 9.70. The van der Waals surface area contributed by atoms with Crippen LogP contribution in [0.5, 0.6) is 5.75 Å². The summed E-state index contributed by atoms with van der Waals surface area (Å²) in [5.41, 5.74) is 6.13. The molecule has 3 atom stereocenters. The lowest BCUT2D eigenvalue weighted by Gasteiger charge is -2.38. The third-order valence-electron chi connectivity index (χ3n) is 9.46. The molecule has 1 heterocycles. The van der Waals surface area contributed by atoms with Crippen molar-refractivity contribution in [1.82, 2.24) is 9.88 Å². The molecule has 4 aliphatic rings. The van der Waals surface area contributed by atoms with Gasteiger partial charge in [-0.15, -0.1) is 0 Å². The van der Waals surface area contributed by atoms with E-state index in [1.165, 1.54) is 18.4 Å². The van der Waals surface area contributed by atoms with E-state index in [0.717, 1.165) is 44.3 Å². The number of allylic oxidation sites excluding steroid dienone is 8. The summed E-state index contributed by atoms with van der Waals surface area (Å²) in [7, 11) is 3.61. The molecule has 6 heteroatoms. The van der Waals surface area contributed by atoms with Crippen LogP contribution in [0.15, 0.2) is 119 Å². The molecule has 43 heavy (non-hydrogen) atoms. The van der Waals surface area contributed by atoms with Crippen molar-refractivity contribution in [2.45, 2.75) is 38.7 Å². The highest BCUT2D eigenvalue weighted by molar-refractivity contribution is 9.10. The van der Waals surface area contributed by atoms with Gasteiger partial charge in [0.2, 0.25) is 5.91 Å². The number of carbonyl (C=O) groups excluding carboxylic acids is 1. The van der Waals surface area contributed by atoms with Gasteiger partial charge >= 0.3 is 0 Å². The maximum atomic E-state index is 13.5. The number of hydrogen-bond donors (Lipinski definition) is 0. The molecule has 0 saturated heterocycles. The first kappa shape index (κ1) is 29.4. The Labute approximate surface area is 263 Å². The van der Waals surface area contributed by atoms with Crippen molar-refractivity contribution in [2.75, 3.05) is 20.7 Å². The van der Waals surface area contributed by atoms with Crippen molar-refractivity contribution in [3.05, 3.63) is 130 Å². The highest BCUT2D eigenvalue weighted by Gasteiger charge is 2.69. The number of hydrogen-bond acceptors (Lipinski definition) is 4. The molecule has 0 aliphatic heterocycles. The fraction of sp³-hybridized carbons (Fsp3) is 0.351. The molecule has 0 bridgehead atoms. The van der Waals surface area contributed by atoms with E-state index >= 15 is 0 Å². The van der Waals surface area contributed by atoms with E-state index in [1.54, 1.807) is 19.0 Å². The predicted molar refractivity (Wildman–Crippen MR) is 174 cm³/mol. The summed E-state index contributed by atoms with van der Waals surface area (Å²) in [6.45, 7) is 7.05. The van der Waals surface area contributed by atoms with Crippen molar-refractivity contribution < 1.29 is 14.3 Å². The van der Waals surface area contributed by atoms with E-state index in [1.807, 2.05) is 54.7 Å². The van der Waals surface area contributed by atoms with Gasteiger partial charge in [-0.1, -0.05) is 66.8 Å². The van der Waals surface area contributed by atoms with Gasteiger partial charge in [0.05, 0.1) is 5.92 Å². The Morgan fingerprint density at radius 1 is 1.12 bits per heavy atom. The number of rotatable bonds is 11. The molecule has 3 unspecified atom stereocenters. The molecule has 1 aromatic carbocycles. The zero-order valence-corrected chi connectivity index (χ0v) is 26.7. The maximum Gasteiger partial charge on any atom is 0.232 e. The molecular formula is C37H39BrN2O3. The van der Waals surface area contributed by atoms with Gasteiger partial charge in [0, 0.05) is 42.3 Å². The highest BCUT2D eigenvalue weighted by atomic mass is 79.9. The second kappa shape index (κ2) is 12.2. The Morgan fingerprint density at radius 3 is 2.53 bits per heavy atom. The van der Waals surface area contributed by atoms with Crippen LogP contribution in [0.25, 0.3) is 0 Å². The van der Waals surface area contributed by atoms with Gasteiger partial charge < -0.3 is 14.4 Å². The normalized spacial score (nSPS) is 27.3. The second-order valence-electron chi connectivity index (χ2n) is 12.4. The zero-order chi connectivity index (χ0) is 30.1. The molecular weight excluding hydrogens is 600 g/mol. The third kappa shape index (κ3) is 6.21. The van der Waals surface area contributed by atoms with Crippen LogP contribution in [0.2, 0.25) is 0 Å². The molecule has 0 N–H and O–H groups in total. The summed E-state index contributed by atoms with van der Waals surface area (Å²) in [5, 5.41) is 0. The number of ether oxygens (including phenoxy) is 2. The standard InChI is InChI=1S/C37H39BrN2O3/c1-5-25(11-10-24(2)37-19-27(37)20-37)22-42-29-15-12-26(13-16-29)23-43-35-31-9-7-6-8-30(31)32(18-33(35)36(41)40(3)4)34-17-14-28(38)21-39-34/h5-17,21,27,30,32-33H,1,18-20,22-23H2,2-4H3/b24-10+,25-11+. The SMILES string of the molecule is C=C/C(=C\C=C(/C)C12CC1C2)COc1ccc(COC2=C3C=CC=CC3C(c3ccc(Br)cn3)CC2C(=O)N(C)C)cc1. The topological polar surface area (TPSA) is 51.7 Å². The molecule has 5 nitrogen and oxygen atoms in total. The number of benzene rings is 1. The second-order valence-corrected chi connectivity index (χ2v) is 13.3. The molecule has 0 spiro atoms. The first-order chi connectivity index (χ1) is 20.8. The number of nitrogens with zero attached hydrogens (tertiary/aromatic N) is 2. The van der Waals surface area contributed by atoms with Crippen molar-refractivity contribution in [3.63, 3.8) is 0 Å². The smallest absolute Gasteiger partial charge is 0.232 e. The molecule has 2 saturated carbocycles. The number of pyridine rings is 1. The molecule has 1 aromatic heterocycles. The van der Waals surface area contributed by atoms with Gasteiger partial charge in [-0.2, -0.15) is 0 Å². The van der Waals surface area contributed by atoms with Crippen LogP contribution in [0.1, 0.15) is 43.4 Å². The van der Waals surface area contributed by atoms with Crippen LogP contribution >= 0.6 is 15.9 Å². The summed E-state index contributed by atoms with van der Waals surface area (Å²) < 4.78 is 13.5. The molecule has 4 aliphatic carbocycles. The van der Waals surface area contributed by atoms with Crippen LogP contribution in [-0.2, 0) is 16.1 Å². The Kier molecular flexibility index (Phi) is 8.32. The number of amides is 1. The first-order valence-electron chi connectivity index (χ1n) is 15.1. The minimum Gasteiger partial charge on any atom is -0.492 e. The molecule has 2 aromatic rings. The molecule has 222 valence electrons. The monoisotopic (exact) mass is 638 g/mol. The Bertz CT molecular complexity index is 1540. The number of aromatic nitrogens is 1.